The molecule has 0 radical (unpaired) electrons. The van der Waals surface area contributed by atoms with Crippen molar-refractivity contribution in [2.24, 2.45) is 0 Å². The first-order chi connectivity index (χ1) is 8.82. The molecule has 9 heteroatoms. The maximum atomic E-state index is 12.7. The van der Waals surface area contributed by atoms with Crippen molar-refractivity contribution >= 4 is 17.3 Å². The van der Waals surface area contributed by atoms with Crippen LogP contribution in [0.3, 0.4) is 0 Å². The molecule has 0 N–H and O–H groups in total. The summed E-state index contributed by atoms with van der Waals surface area (Å²) >= 11 is 5.62. The van der Waals surface area contributed by atoms with E-state index in [-0.39, 0.29) is 5.69 Å². The molecule has 0 saturated heterocycles. The zero-order valence-corrected chi connectivity index (χ0v) is 9.81. The fraction of sp³-hybridized carbons (Fsp3) is 0.100. The SMILES string of the molecule is O=[N+]([O-])c1c(C(F)(F)F)nn(-c2ccccc2)c1Cl. The number of nitrogens with zero attached hydrogens (tertiary/aromatic N) is 3. The van der Waals surface area contributed by atoms with Gasteiger partial charge in [-0.15, -0.1) is 0 Å². The predicted octanol–water partition coefficient (Wildman–Crippen LogP) is 3.45. The number of hydrogen-bond acceptors (Lipinski definition) is 3. The minimum atomic E-state index is -4.95. The third-order valence-electron chi connectivity index (χ3n) is 2.26. The van der Waals surface area contributed by atoms with Crippen LogP contribution in [-0.2, 0) is 6.18 Å². The summed E-state index contributed by atoms with van der Waals surface area (Å²) in [4.78, 5) is 9.50. The molecule has 5 nitrogen and oxygen atoms in total. The number of aromatic nitrogens is 2. The Morgan fingerprint density at radius 1 is 1.26 bits per heavy atom. The summed E-state index contributed by atoms with van der Waals surface area (Å²) in [5.74, 6) is 0. The zero-order chi connectivity index (χ0) is 14.2. The number of hydrogen-bond donors (Lipinski definition) is 0. The molecule has 0 fully saturated rings. The third kappa shape index (κ3) is 2.39. The Balaban J connectivity index is 2.70. The number of halogens is 4. The molecule has 2 aromatic rings. The predicted molar refractivity (Wildman–Crippen MR) is 60.2 cm³/mol. The highest BCUT2D eigenvalue weighted by molar-refractivity contribution is 6.32. The molecule has 0 aliphatic rings. The van der Waals surface area contributed by atoms with Crippen molar-refractivity contribution in [3.8, 4) is 5.69 Å². The summed E-state index contributed by atoms with van der Waals surface area (Å²) in [6.07, 6.45) is -4.95. The molecule has 0 aliphatic carbocycles. The van der Waals surface area contributed by atoms with E-state index in [2.05, 4.69) is 5.10 Å². The maximum absolute atomic E-state index is 12.7. The Labute approximate surface area is 109 Å². The molecule has 0 saturated carbocycles. The topological polar surface area (TPSA) is 61.0 Å². The lowest BCUT2D eigenvalue weighted by atomic mass is 10.3. The Kier molecular flexibility index (Phi) is 3.19. The van der Waals surface area contributed by atoms with Crippen LogP contribution in [0, 0.1) is 10.1 Å². The van der Waals surface area contributed by atoms with Crippen molar-refractivity contribution in [2.75, 3.05) is 0 Å². The van der Waals surface area contributed by atoms with Gasteiger partial charge in [-0.3, -0.25) is 10.1 Å². The maximum Gasteiger partial charge on any atom is 0.442 e. The van der Waals surface area contributed by atoms with Crippen LogP contribution in [0.25, 0.3) is 5.69 Å². The van der Waals surface area contributed by atoms with Gasteiger partial charge in [-0.25, -0.2) is 4.68 Å². The molecule has 2 rings (SSSR count). The summed E-state index contributed by atoms with van der Waals surface area (Å²) in [6, 6.07) is 7.60. The van der Waals surface area contributed by atoms with Crippen LogP contribution in [-0.4, -0.2) is 14.7 Å². The van der Waals surface area contributed by atoms with Gasteiger partial charge in [0.25, 0.3) is 0 Å². The van der Waals surface area contributed by atoms with Gasteiger partial charge in [-0.05, 0) is 12.1 Å². The van der Waals surface area contributed by atoms with Crippen molar-refractivity contribution in [3.63, 3.8) is 0 Å². The summed E-state index contributed by atoms with van der Waals surface area (Å²) in [5.41, 5.74) is -2.67. The van der Waals surface area contributed by atoms with Crippen LogP contribution < -0.4 is 0 Å². The van der Waals surface area contributed by atoms with Crippen molar-refractivity contribution in [2.45, 2.75) is 6.18 Å². The quantitative estimate of drug-likeness (QED) is 0.629. The summed E-state index contributed by atoms with van der Waals surface area (Å²) in [5, 5.41) is 13.2. The Morgan fingerprint density at radius 3 is 2.26 bits per heavy atom. The molecule has 19 heavy (non-hydrogen) atoms. The molecule has 0 bridgehead atoms. The van der Waals surface area contributed by atoms with Crippen LogP contribution in [0.2, 0.25) is 5.15 Å². The van der Waals surface area contributed by atoms with E-state index in [1.807, 2.05) is 0 Å². The van der Waals surface area contributed by atoms with E-state index in [9.17, 15) is 23.3 Å². The second kappa shape index (κ2) is 4.54. The lowest BCUT2D eigenvalue weighted by Gasteiger charge is -2.01. The molecule has 1 heterocycles. The van der Waals surface area contributed by atoms with Crippen molar-refractivity contribution < 1.29 is 18.1 Å². The Morgan fingerprint density at radius 2 is 1.84 bits per heavy atom. The zero-order valence-electron chi connectivity index (χ0n) is 9.06. The molecule has 1 aromatic carbocycles. The molecule has 0 aliphatic heterocycles. The van der Waals surface area contributed by atoms with Crippen molar-refractivity contribution in [3.05, 3.63) is 51.3 Å². The molecule has 0 spiro atoms. The van der Waals surface area contributed by atoms with E-state index in [1.165, 1.54) is 12.1 Å². The van der Waals surface area contributed by atoms with Gasteiger partial charge < -0.3 is 0 Å². The smallest absolute Gasteiger partial charge is 0.258 e. The van der Waals surface area contributed by atoms with Gasteiger partial charge in [0.1, 0.15) is 0 Å². The summed E-state index contributed by atoms with van der Waals surface area (Å²) < 4.78 is 38.7. The number of rotatable bonds is 2. The summed E-state index contributed by atoms with van der Waals surface area (Å²) in [7, 11) is 0. The van der Waals surface area contributed by atoms with Crippen LogP contribution in [0.5, 0.6) is 0 Å². The third-order valence-corrected chi connectivity index (χ3v) is 2.60. The molecular weight excluding hydrogens is 287 g/mol. The monoisotopic (exact) mass is 291 g/mol. The lowest BCUT2D eigenvalue weighted by Crippen LogP contribution is -2.09. The summed E-state index contributed by atoms with van der Waals surface area (Å²) in [6.45, 7) is 0. The molecule has 0 atom stereocenters. The Hall–Kier alpha value is -2.09. The van der Waals surface area contributed by atoms with Crippen LogP contribution in [0.15, 0.2) is 30.3 Å². The van der Waals surface area contributed by atoms with Gasteiger partial charge in [0.15, 0.2) is 0 Å². The van der Waals surface area contributed by atoms with E-state index in [4.69, 9.17) is 11.6 Å². The van der Waals surface area contributed by atoms with E-state index in [1.54, 1.807) is 18.2 Å². The van der Waals surface area contributed by atoms with Gasteiger partial charge in [0.2, 0.25) is 10.8 Å². The number of benzene rings is 1. The van der Waals surface area contributed by atoms with Gasteiger partial charge in [-0.1, -0.05) is 29.8 Å². The molecule has 0 unspecified atom stereocenters. The highest BCUT2D eigenvalue weighted by Crippen LogP contribution is 2.40. The fourth-order valence-electron chi connectivity index (χ4n) is 1.48. The largest absolute Gasteiger partial charge is 0.442 e. The number of alkyl halides is 3. The second-order valence-electron chi connectivity index (χ2n) is 3.49. The first-order valence-corrected chi connectivity index (χ1v) is 5.25. The standard InChI is InChI=1S/C10H5ClF3N3O2/c11-9-7(17(18)19)8(10(12,13)14)15-16(9)6-4-2-1-3-5-6/h1-5H. The first kappa shape index (κ1) is 13.3. The number of nitro groups is 1. The van der Waals surface area contributed by atoms with Gasteiger partial charge in [0.05, 0.1) is 10.6 Å². The Bertz CT molecular complexity index is 625. The van der Waals surface area contributed by atoms with E-state index < -0.39 is 27.6 Å². The van der Waals surface area contributed by atoms with Crippen LogP contribution >= 0.6 is 11.6 Å². The van der Waals surface area contributed by atoms with Crippen LogP contribution in [0.4, 0.5) is 18.9 Å². The first-order valence-electron chi connectivity index (χ1n) is 4.88. The molecule has 0 amide bonds. The molecular formula is C10H5ClF3N3O2. The van der Waals surface area contributed by atoms with Gasteiger partial charge in [0, 0.05) is 0 Å². The molecule has 100 valence electrons. The van der Waals surface area contributed by atoms with Gasteiger partial charge >= 0.3 is 11.9 Å². The van der Waals surface area contributed by atoms with E-state index in [0.717, 1.165) is 0 Å². The minimum Gasteiger partial charge on any atom is -0.258 e. The average Bonchev–Trinajstić information content (AvgIpc) is 2.68. The van der Waals surface area contributed by atoms with Crippen molar-refractivity contribution in [1.82, 2.24) is 9.78 Å². The lowest BCUT2D eigenvalue weighted by molar-refractivity contribution is -0.388. The molecule has 1 aromatic heterocycles. The second-order valence-corrected chi connectivity index (χ2v) is 3.85. The van der Waals surface area contributed by atoms with Crippen molar-refractivity contribution in [1.29, 1.82) is 0 Å². The highest BCUT2D eigenvalue weighted by atomic mass is 35.5. The van der Waals surface area contributed by atoms with E-state index in [0.29, 0.717) is 4.68 Å². The minimum absolute atomic E-state index is 0.200. The van der Waals surface area contributed by atoms with Crippen LogP contribution in [0.1, 0.15) is 5.69 Å². The average molecular weight is 292 g/mol. The van der Waals surface area contributed by atoms with E-state index >= 15 is 0 Å². The highest BCUT2D eigenvalue weighted by Gasteiger charge is 2.45. The fourth-order valence-corrected chi connectivity index (χ4v) is 1.78. The normalized spacial score (nSPS) is 11.6. The van der Waals surface area contributed by atoms with Gasteiger partial charge in [-0.2, -0.15) is 18.3 Å². The number of para-hydroxylation sites is 1.